The summed E-state index contributed by atoms with van der Waals surface area (Å²) in [5.74, 6) is 0.713. The third kappa shape index (κ3) is 3.20. The molecule has 0 bridgehead atoms. The van der Waals surface area contributed by atoms with Crippen molar-refractivity contribution in [1.82, 2.24) is 9.71 Å². The fraction of sp³-hybridized carbons (Fsp3) is 0.583. The molecule has 0 amide bonds. The Bertz CT molecular complexity index is 496. The smallest absolute Gasteiger partial charge is 0.244 e. The Labute approximate surface area is 108 Å². The third-order valence-corrected chi connectivity index (χ3v) is 4.92. The lowest BCUT2D eigenvalue weighted by Gasteiger charge is -2.11. The van der Waals surface area contributed by atoms with Gasteiger partial charge in [-0.15, -0.1) is 0 Å². The SMILES string of the molecule is Nc1ncccc1S(=O)(=O)NCCC1CCCC1. The minimum Gasteiger partial charge on any atom is -0.383 e. The molecule has 100 valence electrons. The molecule has 0 radical (unpaired) electrons. The molecule has 1 aliphatic rings. The van der Waals surface area contributed by atoms with Crippen molar-refractivity contribution < 1.29 is 8.42 Å². The van der Waals surface area contributed by atoms with Crippen LogP contribution in [0.1, 0.15) is 32.1 Å². The van der Waals surface area contributed by atoms with Gasteiger partial charge in [-0.3, -0.25) is 0 Å². The molecule has 0 aromatic carbocycles. The zero-order valence-electron chi connectivity index (χ0n) is 10.3. The fourth-order valence-corrected chi connectivity index (χ4v) is 3.53. The predicted molar refractivity (Wildman–Crippen MR) is 70.4 cm³/mol. The van der Waals surface area contributed by atoms with Crippen LogP contribution in [0.4, 0.5) is 5.82 Å². The Kier molecular flexibility index (Phi) is 4.19. The van der Waals surface area contributed by atoms with Crippen LogP contribution >= 0.6 is 0 Å². The highest BCUT2D eigenvalue weighted by atomic mass is 32.2. The van der Waals surface area contributed by atoms with E-state index in [0.717, 1.165) is 6.42 Å². The summed E-state index contributed by atoms with van der Waals surface area (Å²) in [5.41, 5.74) is 5.57. The number of nitrogens with zero attached hydrogens (tertiary/aromatic N) is 1. The average Bonchev–Trinajstić information content (AvgIpc) is 2.82. The number of rotatable bonds is 5. The molecule has 5 nitrogen and oxygen atoms in total. The van der Waals surface area contributed by atoms with Gasteiger partial charge in [0.05, 0.1) is 0 Å². The molecule has 1 aromatic heterocycles. The molecule has 0 aliphatic heterocycles. The molecule has 1 saturated carbocycles. The van der Waals surface area contributed by atoms with Crippen molar-refractivity contribution in [3.63, 3.8) is 0 Å². The molecule has 0 atom stereocenters. The van der Waals surface area contributed by atoms with Crippen LogP contribution in [-0.2, 0) is 10.0 Å². The van der Waals surface area contributed by atoms with Gasteiger partial charge >= 0.3 is 0 Å². The second-order valence-corrected chi connectivity index (χ2v) is 6.46. The highest BCUT2D eigenvalue weighted by Crippen LogP contribution is 2.27. The largest absolute Gasteiger partial charge is 0.383 e. The summed E-state index contributed by atoms with van der Waals surface area (Å²) in [6.07, 6.45) is 7.36. The van der Waals surface area contributed by atoms with Gasteiger partial charge in [-0.2, -0.15) is 0 Å². The number of pyridine rings is 1. The highest BCUT2D eigenvalue weighted by Gasteiger charge is 2.19. The molecule has 1 fully saturated rings. The molecule has 1 aliphatic carbocycles. The van der Waals surface area contributed by atoms with Crippen LogP contribution < -0.4 is 10.5 Å². The van der Waals surface area contributed by atoms with E-state index in [4.69, 9.17) is 5.73 Å². The fourth-order valence-electron chi connectivity index (χ4n) is 2.40. The zero-order valence-corrected chi connectivity index (χ0v) is 11.1. The van der Waals surface area contributed by atoms with Crippen LogP contribution in [0.5, 0.6) is 0 Å². The first-order chi connectivity index (χ1) is 8.59. The molecule has 0 unspecified atom stereocenters. The summed E-state index contributed by atoms with van der Waals surface area (Å²) in [4.78, 5) is 3.86. The van der Waals surface area contributed by atoms with Crippen molar-refractivity contribution in [1.29, 1.82) is 0 Å². The Morgan fingerprint density at radius 1 is 1.39 bits per heavy atom. The molecule has 6 heteroatoms. The van der Waals surface area contributed by atoms with Crippen LogP contribution in [0, 0.1) is 5.92 Å². The second-order valence-electron chi connectivity index (χ2n) is 4.72. The Hall–Kier alpha value is -1.14. The topological polar surface area (TPSA) is 85.1 Å². The van der Waals surface area contributed by atoms with Gasteiger partial charge in [0.1, 0.15) is 10.7 Å². The van der Waals surface area contributed by atoms with Crippen molar-refractivity contribution in [2.45, 2.75) is 37.0 Å². The van der Waals surface area contributed by atoms with Crippen molar-refractivity contribution in [3.8, 4) is 0 Å². The lowest BCUT2D eigenvalue weighted by atomic mass is 10.1. The van der Waals surface area contributed by atoms with E-state index in [-0.39, 0.29) is 10.7 Å². The van der Waals surface area contributed by atoms with E-state index < -0.39 is 10.0 Å². The first-order valence-electron chi connectivity index (χ1n) is 6.30. The Morgan fingerprint density at radius 2 is 2.11 bits per heavy atom. The summed E-state index contributed by atoms with van der Waals surface area (Å²) < 4.78 is 26.6. The van der Waals surface area contributed by atoms with Gasteiger partial charge in [0.15, 0.2) is 0 Å². The molecule has 1 aromatic rings. The average molecular weight is 269 g/mol. The number of anilines is 1. The first kappa shape index (κ1) is 13.3. The number of nitrogens with one attached hydrogen (secondary N) is 1. The number of aromatic nitrogens is 1. The van der Waals surface area contributed by atoms with E-state index >= 15 is 0 Å². The minimum absolute atomic E-state index is 0.0471. The van der Waals surface area contributed by atoms with Gasteiger partial charge in [-0.1, -0.05) is 25.7 Å². The lowest BCUT2D eigenvalue weighted by molar-refractivity contribution is 0.496. The van der Waals surface area contributed by atoms with Crippen molar-refractivity contribution >= 4 is 15.8 Å². The van der Waals surface area contributed by atoms with E-state index in [2.05, 4.69) is 9.71 Å². The number of nitrogen functional groups attached to an aromatic ring is 1. The monoisotopic (exact) mass is 269 g/mol. The normalized spacial score (nSPS) is 17.1. The van der Waals surface area contributed by atoms with Crippen LogP contribution in [0.2, 0.25) is 0 Å². The number of hydrogen-bond donors (Lipinski definition) is 2. The van der Waals surface area contributed by atoms with Crippen LogP contribution in [0.25, 0.3) is 0 Å². The quantitative estimate of drug-likeness (QED) is 0.848. The zero-order chi connectivity index (χ0) is 13.0. The summed E-state index contributed by atoms with van der Waals surface area (Å²) >= 11 is 0. The van der Waals surface area contributed by atoms with Gasteiger partial charge in [0.2, 0.25) is 10.0 Å². The van der Waals surface area contributed by atoms with E-state index in [0.29, 0.717) is 12.5 Å². The predicted octanol–water partition coefficient (Wildman–Crippen LogP) is 1.52. The number of hydrogen-bond acceptors (Lipinski definition) is 4. The lowest BCUT2D eigenvalue weighted by Crippen LogP contribution is -2.26. The maximum Gasteiger partial charge on any atom is 0.244 e. The maximum atomic E-state index is 12.0. The van der Waals surface area contributed by atoms with E-state index in [1.807, 2.05) is 0 Å². The maximum absolute atomic E-state index is 12.0. The summed E-state index contributed by atoms with van der Waals surface area (Å²) in [6.45, 7) is 0.474. The van der Waals surface area contributed by atoms with Gasteiger partial charge in [0, 0.05) is 12.7 Å². The van der Waals surface area contributed by atoms with Gasteiger partial charge in [0.25, 0.3) is 0 Å². The summed E-state index contributed by atoms with van der Waals surface area (Å²) in [6, 6.07) is 3.04. The van der Waals surface area contributed by atoms with E-state index in [1.165, 1.54) is 37.9 Å². The number of sulfonamides is 1. The molecule has 1 heterocycles. The minimum atomic E-state index is -3.52. The number of nitrogens with two attached hydrogens (primary N) is 1. The molecule has 2 rings (SSSR count). The molecule has 0 spiro atoms. The van der Waals surface area contributed by atoms with E-state index in [9.17, 15) is 8.42 Å². The van der Waals surface area contributed by atoms with Crippen molar-refractivity contribution in [2.75, 3.05) is 12.3 Å². The Balaban J connectivity index is 1.93. The second kappa shape index (κ2) is 5.67. The highest BCUT2D eigenvalue weighted by molar-refractivity contribution is 7.89. The molecular weight excluding hydrogens is 250 g/mol. The van der Waals surface area contributed by atoms with Crippen molar-refractivity contribution in [3.05, 3.63) is 18.3 Å². The standard InChI is InChI=1S/C12H19N3O2S/c13-12-11(6-3-8-14-12)18(16,17)15-9-7-10-4-1-2-5-10/h3,6,8,10,15H,1-2,4-5,7,9H2,(H2,13,14). The first-order valence-corrected chi connectivity index (χ1v) is 7.78. The Morgan fingerprint density at radius 3 is 2.78 bits per heavy atom. The van der Waals surface area contributed by atoms with Crippen molar-refractivity contribution in [2.24, 2.45) is 5.92 Å². The van der Waals surface area contributed by atoms with Gasteiger partial charge in [-0.05, 0) is 24.5 Å². The molecular formula is C12H19N3O2S. The molecule has 3 N–H and O–H groups in total. The van der Waals surface area contributed by atoms with E-state index in [1.54, 1.807) is 6.07 Å². The van der Waals surface area contributed by atoms with Gasteiger partial charge < -0.3 is 5.73 Å². The van der Waals surface area contributed by atoms with Crippen LogP contribution in [0.3, 0.4) is 0 Å². The summed E-state index contributed by atoms with van der Waals surface area (Å²) in [5, 5.41) is 0. The molecule has 18 heavy (non-hydrogen) atoms. The third-order valence-electron chi connectivity index (χ3n) is 3.41. The van der Waals surface area contributed by atoms with Gasteiger partial charge in [-0.25, -0.2) is 18.1 Å². The molecule has 0 saturated heterocycles. The van der Waals surface area contributed by atoms with Crippen LogP contribution in [0.15, 0.2) is 23.2 Å². The van der Waals surface area contributed by atoms with Crippen LogP contribution in [-0.4, -0.2) is 19.9 Å². The summed E-state index contributed by atoms with van der Waals surface area (Å²) in [7, 11) is -3.52.